The number of benzene rings is 3. The summed E-state index contributed by atoms with van der Waals surface area (Å²) in [5.74, 6) is -1.15. The molecule has 1 heterocycles. The van der Waals surface area contributed by atoms with Crippen LogP contribution in [-0.2, 0) is 21.7 Å². The van der Waals surface area contributed by atoms with E-state index >= 15 is 0 Å². The standard InChI is InChI=1S/C34H37N3O6/c1-4-19-37-30-18-15-27(35-32(40)26-13-16-28(43-3)17-14-26)22-29(30)34(42,33(37)41)24(2)9-8-12-31(39)36(20-21-38)23-25-10-6-5-7-11-25/h4-11,13-18,22,24,38,42H,1,12,19-21,23H2,2-3H3,(H,35,40)/b9-8+/t24-,34+/m1/s1. The summed E-state index contributed by atoms with van der Waals surface area (Å²) in [5.41, 5.74) is 0.710. The van der Waals surface area contributed by atoms with E-state index in [1.807, 2.05) is 30.3 Å². The minimum atomic E-state index is -1.94. The molecule has 0 unspecified atom stereocenters. The van der Waals surface area contributed by atoms with Crippen molar-refractivity contribution in [2.75, 3.05) is 37.0 Å². The number of nitrogens with zero attached hydrogens (tertiary/aromatic N) is 2. The van der Waals surface area contributed by atoms with Crippen molar-refractivity contribution in [2.24, 2.45) is 5.92 Å². The molecule has 0 aliphatic carbocycles. The van der Waals surface area contributed by atoms with Gasteiger partial charge in [0.15, 0.2) is 5.60 Å². The van der Waals surface area contributed by atoms with E-state index in [-0.39, 0.29) is 37.9 Å². The van der Waals surface area contributed by atoms with Gasteiger partial charge in [-0.25, -0.2) is 0 Å². The number of nitrogens with one attached hydrogen (secondary N) is 1. The number of carbonyl (C=O) groups is 3. The van der Waals surface area contributed by atoms with Crippen molar-refractivity contribution in [1.29, 1.82) is 0 Å². The summed E-state index contributed by atoms with van der Waals surface area (Å²) in [5, 5.41) is 24.3. The van der Waals surface area contributed by atoms with Crippen LogP contribution in [0.25, 0.3) is 0 Å². The predicted octanol–water partition coefficient (Wildman–Crippen LogP) is 4.27. The smallest absolute Gasteiger partial charge is 0.264 e. The monoisotopic (exact) mass is 583 g/mol. The first-order chi connectivity index (χ1) is 20.7. The summed E-state index contributed by atoms with van der Waals surface area (Å²) in [6, 6.07) is 21.1. The van der Waals surface area contributed by atoms with Crippen molar-refractivity contribution in [2.45, 2.75) is 25.5 Å². The third kappa shape index (κ3) is 6.85. The highest BCUT2D eigenvalue weighted by molar-refractivity contribution is 6.09. The number of amides is 3. The first-order valence-electron chi connectivity index (χ1n) is 14.1. The van der Waals surface area contributed by atoms with Gasteiger partial charge >= 0.3 is 0 Å². The van der Waals surface area contributed by atoms with E-state index in [4.69, 9.17) is 4.74 Å². The second kappa shape index (κ2) is 14.0. The van der Waals surface area contributed by atoms with Crippen LogP contribution in [0.4, 0.5) is 11.4 Å². The van der Waals surface area contributed by atoms with E-state index < -0.39 is 17.4 Å². The van der Waals surface area contributed by atoms with Crippen LogP contribution in [0.5, 0.6) is 5.75 Å². The van der Waals surface area contributed by atoms with Crippen LogP contribution < -0.4 is 15.0 Å². The van der Waals surface area contributed by atoms with Crippen molar-refractivity contribution >= 4 is 29.1 Å². The van der Waals surface area contributed by atoms with E-state index in [0.717, 1.165) is 5.56 Å². The van der Waals surface area contributed by atoms with E-state index in [9.17, 15) is 24.6 Å². The number of rotatable bonds is 13. The van der Waals surface area contributed by atoms with Gasteiger partial charge in [0.05, 0.1) is 19.4 Å². The van der Waals surface area contributed by atoms with Crippen LogP contribution in [0, 0.1) is 5.92 Å². The Labute approximate surface area is 251 Å². The van der Waals surface area contributed by atoms with Crippen molar-refractivity contribution in [3.63, 3.8) is 0 Å². The summed E-state index contributed by atoms with van der Waals surface area (Å²) in [6.07, 6.45) is 4.90. The molecule has 1 aliphatic heterocycles. The Morgan fingerprint density at radius 3 is 2.49 bits per heavy atom. The second-order valence-corrected chi connectivity index (χ2v) is 10.3. The fourth-order valence-corrected chi connectivity index (χ4v) is 5.14. The average Bonchev–Trinajstić information content (AvgIpc) is 3.23. The third-order valence-corrected chi connectivity index (χ3v) is 7.51. The van der Waals surface area contributed by atoms with Crippen LogP contribution in [-0.4, -0.2) is 59.6 Å². The zero-order chi connectivity index (χ0) is 31.0. The molecule has 2 atom stereocenters. The molecule has 9 nitrogen and oxygen atoms in total. The minimum Gasteiger partial charge on any atom is -0.497 e. The Morgan fingerprint density at radius 1 is 1.12 bits per heavy atom. The minimum absolute atomic E-state index is 0.0304. The fraction of sp³-hybridized carbons (Fsp3) is 0.265. The van der Waals surface area contributed by atoms with Crippen LogP contribution in [0.3, 0.4) is 0 Å². The van der Waals surface area contributed by atoms with Crippen LogP contribution in [0.15, 0.2) is 97.6 Å². The topological polar surface area (TPSA) is 119 Å². The lowest BCUT2D eigenvalue weighted by Gasteiger charge is -2.27. The zero-order valence-electron chi connectivity index (χ0n) is 24.4. The first kappa shape index (κ1) is 31.2. The molecule has 0 saturated heterocycles. The van der Waals surface area contributed by atoms with Gasteiger partial charge in [-0.2, -0.15) is 0 Å². The van der Waals surface area contributed by atoms with Gasteiger partial charge in [0.25, 0.3) is 11.8 Å². The van der Waals surface area contributed by atoms with Gasteiger partial charge in [-0.05, 0) is 48.0 Å². The Bertz CT molecular complexity index is 1490. The maximum atomic E-state index is 13.6. The number of anilines is 2. The van der Waals surface area contributed by atoms with Crippen LogP contribution >= 0.6 is 0 Å². The molecule has 9 heteroatoms. The summed E-state index contributed by atoms with van der Waals surface area (Å²) >= 11 is 0. The first-order valence-corrected chi connectivity index (χ1v) is 14.1. The third-order valence-electron chi connectivity index (χ3n) is 7.51. The summed E-state index contributed by atoms with van der Waals surface area (Å²) < 4.78 is 5.15. The van der Waals surface area contributed by atoms with Gasteiger partial charge < -0.3 is 30.1 Å². The number of ether oxygens (including phenoxy) is 1. The highest BCUT2D eigenvalue weighted by Crippen LogP contribution is 2.46. The Morgan fingerprint density at radius 2 is 1.84 bits per heavy atom. The van der Waals surface area contributed by atoms with E-state index in [1.54, 1.807) is 79.6 Å². The van der Waals surface area contributed by atoms with Crippen molar-refractivity contribution in [3.8, 4) is 5.75 Å². The fourth-order valence-electron chi connectivity index (χ4n) is 5.14. The summed E-state index contributed by atoms with van der Waals surface area (Å²) in [4.78, 5) is 42.5. The number of methoxy groups -OCH3 is 1. The zero-order valence-corrected chi connectivity index (χ0v) is 24.4. The lowest BCUT2D eigenvalue weighted by Crippen LogP contribution is -2.44. The predicted molar refractivity (Wildman–Crippen MR) is 166 cm³/mol. The SMILES string of the molecule is C=CCN1C(=O)[C@](O)([C@H](C)/C=C/CC(=O)N(CCO)Cc2ccccc2)c2cc(NC(=O)c3ccc(OC)cc3)ccc21. The van der Waals surface area contributed by atoms with Crippen molar-refractivity contribution in [1.82, 2.24) is 4.90 Å². The number of hydrogen-bond acceptors (Lipinski definition) is 6. The van der Waals surface area contributed by atoms with E-state index in [1.165, 1.54) is 4.90 Å². The summed E-state index contributed by atoms with van der Waals surface area (Å²) in [6.45, 7) is 6.02. The molecule has 3 N–H and O–H groups in total. The Hall–Kier alpha value is -4.73. The molecule has 43 heavy (non-hydrogen) atoms. The molecule has 0 spiro atoms. The molecule has 1 aliphatic rings. The molecule has 0 bridgehead atoms. The number of carbonyl (C=O) groups excluding carboxylic acids is 3. The molecular formula is C34H37N3O6. The van der Waals surface area contributed by atoms with Crippen LogP contribution in [0.2, 0.25) is 0 Å². The molecule has 224 valence electrons. The highest BCUT2D eigenvalue weighted by atomic mass is 16.5. The summed E-state index contributed by atoms with van der Waals surface area (Å²) in [7, 11) is 1.55. The van der Waals surface area contributed by atoms with Crippen LogP contribution in [0.1, 0.15) is 34.8 Å². The van der Waals surface area contributed by atoms with E-state index in [0.29, 0.717) is 34.8 Å². The largest absolute Gasteiger partial charge is 0.497 e. The number of aliphatic hydroxyl groups is 2. The molecule has 0 radical (unpaired) electrons. The molecule has 4 rings (SSSR count). The lowest BCUT2D eigenvalue weighted by molar-refractivity contribution is -0.139. The van der Waals surface area contributed by atoms with Gasteiger partial charge in [-0.3, -0.25) is 14.4 Å². The van der Waals surface area contributed by atoms with Gasteiger partial charge in [-0.1, -0.05) is 55.5 Å². The molecule has 3 amide bonds. The molecule has 3 aromatic carbocycles. The molecule has 0 aromatic heterocycles. The Balaban J connectivity index is 1.54. The molecule has 0 fully saturated rings. The molecular weight excluding hydrogens is 546 g/mol. The second-order valence-electron chi connectivity index (χ2n) is 10.3. The quantitative estimate of drug-likeness (QED) is 0.259. The van der Waals surface area contributed by atoms with Gasteiger partial charge in [0.2, 0.25) is 5.91 Å². The van der Waals surface area contributed by atoms with Gasteiger partial charge in [0, 0.05) is 48.8 Å². The highest BCUT2D eigenvalue weighted by Gasteiger charge is 2.52. The van der Waals surface area contributed by atoms with Gasteiger partial charge in [0.1, 0.15) is 5.75 Å². The Kier molecular flexibility index (Phi) is 10.1. The normalized spacial score (nSPS) is 16.6. The number of hydrogen-bond donors (Lipinski definition) is 3. The average molecular weight is 584 g/mol. The van der Waals surface area contributed by atoms with E-state index in [2.05, 4.69) is 11.9 Å². The van der Waals surface area contributed by atoms with Gasteiger partial charge in [-0.15, -0.1) is 6.58 Å². The van der Waals surface area contributed by atoms with Crippen molar-refractivity contribution in [3.05, 3.63) is 114 Å². The lowest BCUT2D eigenvalue weighted by atomic mass is 9.82. The maximum absolute atomic E-state index is 13.6. The van der Waals surface area contributed by atoms with Crippen molar-refractivity contribution < 1.29 is 29.3 Å². The molecule has 3 aromatic rings. The number of fused-ring (bicyclic) bond motifs is 1. The number of aliphatic hydroxyl groups excluding tert-OH is 1. The molecule has 0 saturated carbocycles. The maximum Gasteiger partial charge on any atom is 0.264 e.